The van der Waals surface area contributed by atoms with Gasteiger partial charge in [-0.2, -0.15) is 0 Å². The SMILES string of the molecule is Cc1cc(-c2ccc(Cl)cc2)c2sc(-c3cc(Cl)ncc3C(F)F)nc2c1. The zero-order valence-corrected chi connectivity index (χ0v) is 16.3. The Morgan fingerprint density at radius 1 is 1.00 bits per heavy atom. The van der Waals surface area contributed by atoms with Crippen LogP contribution in [0.5, 0.6) is 0 Å². The highest BCUT2D eigenvalue weighted by atomic mass is 35.5. The predicted octanol–water partition coefficient (Wildman–Crippen LogP) is 7.58. The van der Waals surface area contributed by atoms with Crippen molar-refractivity contribution >= 4 is 44.8 Å². The predicted molar refractivity (Wildman–Crippen MR) is 108 cm³/mol. The molecule has 0 atom stereocenters. The number of nitrogens with zero attached hydrogens (tertiary/aromatic N) is 2. The van der Waals surface area contributed by atoms with Crippen molar-refractivity contribution in [3.05, 3.63) is 70.0 Å². The topological polar surface area (TPSA) is 25.8 Å². The summed E-state index contributed by atoms with van der Waals surface area (Å²) in [6.07, 6.45) is -1.55. The van der Waals surface area contributed by atoms with Crippen molar-refractivity contribution in [1.29, 1.82) is 0 Å². The lowest BCUT2D eigenvalue weighted by molar-refractivity contribution is 0.151. The number of halogens is 4. The van der Waals surface area contributed by atoms with Gasteiger partial charge < -0.3 is 0 Å². The van der Waals surface area contributed by atoms with Gasteiger partial charge in [0.05, 0.1) is 10.2 Å². The molecule has 0 radical (unpaired) electrons. The fourth-order valence-corrected chi connectivity index (χ4v) is 4.34. The monoisotopic (exact) mass is 420 g/mol. The highest BCUT2D eigenvalue weighted by Gasteiger charge is 2.20. The van der Waals surface area contributed by atoms with E-state index >= 15 is 0 Å². The van der Waals surface area contributed by atoms with Crippen molar-refractivity contribution in [2.45, 2.75) is 13.3 Å². The van der Waals surface area contributed by atoms with Gasteiger partial charge in [-0.25, -0.2) is 18.7 Å². The Labute approximate surface area is 168 Å². The minimum atomic E-state index is -2.66. The second-order valence-corrected chi connectivity index (χ2v) is 7.90. The Morgan fingerprint density at radius 2 is 1.74 bits per heavy atom. The lowest BCUT2D eigenvalue weighted by Crippen LogP contribution is -1.92. The van der Waals surface area contributed by atoms with Gasteiger partial charge in [0.15, 0.2) is 0 Å². The number of fused-ring (bicyclic) bond motifs is 1. The average Bonchev–Trinajstić information content (AvgIpc) is 3.05. The van der Waals surface area contributed by atoms with Gasteiger partial charge >= 0.3 is 0 Å². The van der Waals surface area contributed by atoms with Crippen LogP contribution in [0, 0.1) is 6.92 Å². The molecule has 2 heterocycles. The summed E-state index contributed by atoms with van der Waals surface area (Å²) < 4.78 is 27.8. The van der Waals surface area contributed by atoms with Gasteiger partial charge in [0.1, 0.15) is 10.2 Å². The number of alkyl halides is 2. The maximum atomic E-state index is 13.4. The van der Waals surface area contributed by atoms with Crippen LogP contribution in [0.2, 0.25) is 10.2 Å². The van der Waals surface area contributed by atoms with E-state index in [4.69, 9.17) is 23.2 Å². The van der Waals surface area contributed by atoms with Crippen LogP contribution in [0.3, 0.4) is 0 Å². The van der Waals surface area contributed by atoms with E-state index < -0.39 is 6.43 Å². The maximum Gasteiger partial charge on any atom is 0.266 e. The minimum absolute atomic E-state index is 0.155. The number of rotatable bonds is 3. The number of hydrogen-bond acceptors (Lipinski definition) is 3. The number of benzene rings is 2. The summed E-state index contributed by atoms with van der Waals surface area (Å²) in [6, 6.07) is 13.0. The molecule has 27 heavy (non-hydrogen) atoms. The molecule has 0 aliphatic heterocycles. The molecule has 0 spiro atoms. The second kappa shape index (κ2) is 7.15. The number of thiazole rings is 1. The lowest BCUT2D eigenvalue weighted by atomic mass is 10.0. The van der Waals surface area contributed by atoms with Crippen LogP contribution in [-0.4, -0.2) is 9.97 Å². The fraction of sp³-hybridized carbons (Fsp3) is 0.100. The van der Waals surface area contributed by atoms with Gasteiger partial charge in [-0.15, -0.1) is 11.3 Å². The van der Waals surface area contributed by atoms with Crippen LogP contribution >= 0.6 is 34.5 Å². The molecule has 2 aromatic heterocycles. The molecule has 136 valence electrons. The van der Waals surface area contributed by atoms with E-state index in [-0.39, 0.29) is 10.7 Å². The molecule has 0 unspecified atom stereocenters. The molecule has 4 aromatic rings. The van der Waals surface area contributed by atoms with Crippen molar-refractivity contribution < 1.29 is 8.78 Å². The largest absolute Gasteiger partial charge is 0.266 e. The molecular weight excluding hydrogens is 409 g/mol. The van der Waals surface area contributed by atoms with E-state index in [9.17, 15) is 8.78 Å². The van der Waals surface area contributed by atoms with E-state index in [1.807, 2.05) is 37.3 Å². The lowest BCUT2D eigenvalue weighted by Gasteiger charge is -2.06. The third-order valence-electron chi connectivity index (χ3n) is 4.16. The number of hydrogen-bond donors (Lipinski definition) is 0. The third kappa shape index (κ3) is 3.55. The molecule has 0 fully saturated rings. The first-order chi connectivity index (χ1) is 12.9. The first-order valence-corrected chi connectivity index (χ1v) is 9.60. The standard InChI is InChI=1S/C20H12Cl2F2N2S/c1-10-6-13(11-2-4-12(21)5-3-11)18-16(7-10)26-20(27-18)14-8-17(22)25-9-15(14)19(23)24/h2-9,19H,1H3. The van der Waals surface area contributed by atoms with Crippen molar-refractivity contribution in [2.75, 3.05) is 0 Å². The molecule has 2 aromatic carbocycles. The van der Waals surface area contributed by atoms with Gasteiger partial charge in [0, 0.05) is 27.9 Å². The summed E-state index contributed by atoms with van der Waals surface area (Å²) >= 11 is 13.3. The molecule has 0 amide bonds. The Balaban J connectivity index is 1.95. The quantitative estimate of drug-likeness (QED) is 0.319. The van der Waals surface area contributed by atoms with Gasteiger partial charge in [0.25, 0.3) is 6.43 Å². The second-order valence-electron chi connectivity index (χ2n) is 6.08. The van der Waals surface area contributed by atoms with Crippen LogP contribution in [0.15, 0.2) is 48.7 Å². The first kappa shape index (κ1) is 18.3. The maximum absolute atomic E-state index is 13.4. The number of pyridine rings is 1. The van der Waals surface area contributed by atoms with Crippen LogP contribution < -0.4 is 0 Å². The first-order valence-electron chi connectivity index (χ1n) is 8.03. The fourth-order valence-electron chi connectivity index (χ4n) is 2.93. The van der Waals surface area contributed by atoms with E-state index in [1.165, 1.54) is 17.4 Å². The van der Waals surface area contributed by atoms with Crippen molar-refractivity contribution in [3.63, 3.8) is 0 Å². The average molecular weight is 421 g/mol. The summed E-state index contributed by atoms with van der Waals surface area (Å²) in [6.45, 7) is 1.98. The molecule has 0 aliphatic carbocycles. The Kier molecular flexibility index (Phi) is 4.84. The molecule has 0 N–H and O–H groups in total. The Hall–Kier alpha value is -2.08. The van der Waals surface area contributed by atoms with Crippen LogP contribution in [0.1, 0.15) is 17.6 Å². The summed E-state index contributed by atoms with van der Waals surface area (Å²) in [4.78, 5) is 8.38. The zero-order valence-electron chi connectivity index (χ0n) is 14.0. The van der Waals surface area contributed by atoms with E-state index in [2.05, 4.69) is 16.0 Å². The van der Waals surface area contributed by atoms with Crippen LogP contribution in [0.25, 0.3) is 31.9 Å². The third-order valence-corrected chi connectivity index (χ3v) is 5.75. The Bertz CT molecular complexity index is 1140. The van der Waals surface area contributed by atoms with Crippen molar-refractivity contribution in [3.8, 4) is 21.7 Å². The summed E-state index contributed by atoms with van der Waals surface area (Å²) in [7, 11) is 0. The molecule has 0 saturated carbocycles. The van der Waals surface area contributed by atoms with Gasteiger partial charge in [-0.1, -0.05) is 35.3 Å². The Morgan fingerprint density at radius 3 is 2.44 bits per heavy atom. The number of aryl methyl sites for hydroxylation is 1. The van der Waals surface area contributed by atoms with Crippen molar-refractivity contribution in [2.24, 2.45) is 0 Å². The van der Waals surface area contributed by atoms with Gasteiger partial charge in [-0.05, 0) is 48.4 Å². The molecule has 0 bridgehead atoms. The van der Waals surface area contributed by atoms with Gasteiger partial charge in [0.2, 0.25) is 0 Å². The molecule has 2 nitrogen and oxygen atoms in total. The molecule has 4 rings (SSSR count). The summed E-state index contributed by atoms with van der Waals surface area (Å²) in [5, 5.41) is 1.30. The molecule has 0 saturated heterocycles. The smallest absolute Gasteiger partial charge is 0.244 e. The van der Waals surface area contributed by atoms with Gasteiger partial charge in [-0.3, -0.25) is 0 Å². The normalized spacial score (nSPS) is 11.5. The van der Waals surface area contributed by atoms with E-state index in [0.29, 0.717) is 15.6 Å². The summed E-state index contributed by atoms with van der Waals surface area (Å²) in [5.74, 6) is 0. The zero-order chi connectivity index (χ0) is 19.1. The minimum Gasteiger partial charge on any atom is -0.244 e. The van der Waals surface area contributed by atoms with Crippen LogP contribution in [-0.2, 0) is 0 Å². The summed E-state index contributed by atoms with van der Waals surface area (Å²) in [5.41, 5.74) is 3.91. The van der Waals surface area contributed by atoms with E-state index in [1.54, 1.807) is 0 Å². The molecular formula is C20H12Cl2F2N2S. The van der Waals surface area contributed by atoms with Crippen molar-refractivity contribution in [1.82, 2.24) is 9.97 Å². The van der Waals surface area contributed by atoms with E-state index in [0.717, 1.165) is 33.1 Å². The number of aromatic nitrogens is 2. The molecule has 7 heteroatoms. The molecule has 0 aliphatic rings. The highest BCUT2D eigenvalue weighted by Crippen LogP contribution is 2.40. The van der Waals surface area contributed by atoms with Crippen LogP contribution in [0.4, 0.5) is 8.78 Å². The highest BCUT2D eigenvalue weighted by molar-refractivity contribution is 7.22.